The van der Waals surface area contributed by atoms with Gasteiger partial charge in [0.1, 0.15) is 0 Å². The van der Waals surface area contributed by atoms with E-state index >= 15 is 0 Å². The number of carbonyl (C=O) groups is 1. The third kappa shape index (κ3) is 5.77. The summed E-state index contributed by atoms with van der Waals surface area (Å²) < 4.78 is 1.02. The number of carbonyl (C=O) groups excluding carboxylic acids is 1. The summed E-state index contributed by atoms with van der Waals surface area (Å²) in [6.45, 7) is 3.65. The second-order valence-electron chi connectivity index (χ2n) is 5.67. The smallest absolute Gasteiger partial charge is 0.238 e. The first kappa shape index (κ1) is 16.5. The highest BCUT2D eigenvalue weighted by Crippen LogP contribution is 2.20. The lowest BCUT2D eigenvalue weighted by Gasteiger charge is -2.31. The molecule has 1 fully saturated rings. The van der Waals surface area contributed by atoms with Crippen molar-refractivity contribution in [1.29, 1.82) is 0 Å². The van der Waals surface area contributed by atoms with Gasteiger partial charge >= 0.3 is 0 Å². The minimum atomic E-state index is 0.0750. The van der Waals surface area contributed by atoms with Gasteiger partial charge in [-0.2, -0.15) is 0 Å². The van der Waals surface area contributed by atoms with Crippen molar-refractivity contribution in [2.45, 2.75) is 19.3 Å². The van der Waals surface area contributed by atoms with Gasteiger partial charge in [0.25, 0.3) is 0 Å². The molecular weight excluding hydrogens is 330 g/mol. The van der Waals surface area contributed by atoms with Crippen LogP contribution in [-0.4, -0.2) is 44.0 Å². The molecule has 21 heavy (non-hydrogen) atoms. The van der Waals surface area contributed by atoms with Crippen molar-refractivity contribution in [3.63, 3.8) is 0 Å². The van der Waals surface area contributed by atoms with Gasteiger partial charge in [0.05, 0.1) is 6.54 Å². The molecule has 0 atom stereocenters. The topological polar surface area (TPSA) is 44.4 Å². The molecule has 0 aromatic heterocycles. The molecule has 4 nitrogen and oxygen atoms in total. The van der Waals surface area contributed by atoms with E-state index in [0.717, 1.165) is 35.7 Å². The molecule has 0 radical (unpaired) electrons. The van der Waals surface area contributed by atoms with Crippen LogP contribution in [0.1, 0.15) is 19.3 Å². The summed E-state index contributed by atoms with van der Waals surface area (Å²) in [6, 6.07) is 7.68. The van der Waals surface area contributed by atoms with Crippen LogP contribution in [0, 0.1) is 5.92 Å². The molecule has 2 rings (SSSR count). The van der Waals surface area contributed by atoms with Crippen LogP contribution >= 0.6 is 15.9 Å². The number of anilines is 1. The van der Waals surface area contributed by atoms with Crippen molar-refractivity contribution in [3.8, 4) is 0 Å². The summed E-state index contributed by atoms with van der Waals surface area (Å²) in [6.07, 6.45) is 3.65. The fraction of sp³-hybridized carbons (Fsp3) is 0.562. The number of amides is 1. The first-order valence-electron chi connectivity index (χ1n) is 7.60. The molecule has 1 heterocycles. The van der Waals surface area contributed by atoms with E-state index in [0.29, 0.717) is 6.54 Å². The second-order valence-corrected chi connectivity index (χ2v) is 6.58. The standard InChI is InChI=1S/C16H24BrN3O/c1-18-9-6-13-7-10-20(11-8-13)12-16(21)19-15-4-2-14(17)3-5-15/h2-5,13,18H,6-12H2,1H3,(H,19,21). The zero-order valence-electron chi connectivity index (χ0n) is 12.6. The maximum absolute atomic E-state index is 12.0. The Morgan fingerprint density at radius 2 is 1.95 bits per heavy atom. The molecule has 1 amide bonds. The fourth-order valence-corrected chi connectivity index (χ4v) is 2.98. The summed E-state index contributed by atoms with van der Waals surface area (Å²) in [5.41, 5.74) is 0.854. The van der Waals surface area contributed by atoms with Crippen molar-refractivity contribution < 1.29 is 4.79 Å². The Hall–Kier alpha value is -0.910. The van der Waals surface area contributed by atoms with Crippen molar-refractivity contribution in [1.82, 2.24) is 10.2 Å². The van der Waals surface area contributed by atoms with Crippen LogP contribution in [0.4, 0.5) is 5.69 Å². The monoisotopic (exact) mass is 353 g/mol. The number of nitrogens with one attached hydrogen (secondary N) is 2. The maximum Gasteiger partial charge on any atom is 0.238 e. The number of rotatable bonds is 6. The first-order valence-corrected chi connectivity index (χ1v) is 8.39. The Balaban J connectivity index is 1.70. The third-order valence-corrected chi connectivity index (χ3v) is 4.53. The van der Waals surface area contributed by atoms with Gasteiger partial charge in [-0.3, -0.25) is 9.69 Å². The predicted molar refractivity (Wildman–Crippen MR) is 90.5 cm³/mol. The van der Waals surface area contributed by atoms with Gasteiger partial charge < -0.3 is 10.6 Å². The highest BCUT2D eigenvalue weighted by atomic mass is 79.9. The highest BCUT2D eigenvalue weighted by molar-refractivity contribution is 9.10. The van der Waals surface area contributed by atoms with Gasteiger partial charge in [-0.05, 0) is 76.1 Å². The quantitative estimate of drug-likeness (QED) is 0.826. The van der Waals surface area contributed by atoms with Crippen LogP contribution < -0.4 is 10.6 Å². The molecule has 1 aromatic rings. The molecule has 1 aromatic carbocycles. The number of piperidine rings is 1. The molecule has 0 saturated carbocycles. The molecule has 116 valence electrons. The zero-order valence-corrected chi connectivity index (χ0v) is 14.2. The van der Waals surface area contributed by atoms with E-state index in [2.05, 4.69) is 31.5 Å². The van der Waals surface area contributed by atoms with E-state index in [-0.39, 0.29) is 5.91 Å². The van der Waals surface area contributed by atoms with Crippen LogP contribution in [0.5, 0.6) is 0 Å². The molecule has 2 N–H and O–H groups in total. The van der Waals surface area contributed by atoms with E-state index in [9.17, 15) is 4.79 Å². The lowest BCUT2D eigenvalue weighted by molar-refractivity contribution is -0.117. The van der Waals surface area contributed by atoms with E-state index < -0.39 is 0 Å². The van der Waals surface area contributed by atoms with E-state index in [1.807, 2.05) is 31.3 Å². The van der Waals surface area contributed by atoms with Gasteiger partial charge in [0.2, 0.25) is 5.91 Å². The fourth-order valence-electron chi connectivity index (χ4n) is 2.72. The third-order valence-electron chi connectivity index (χ3n) is 4.00. The normalized spacial score (nSPS) is 16.9. The molecule has 1 saturated heterocycles. The molecule has 0 unspecified atom stereocenters. The lowest BCUT2D eigenvalue weighted by Crippen LogP contribution is -2.39. The molecule has 5 heteroatoms. The van der Waals surface area contributed by atoms with Crippen LogP contribution in [0.15, 0.2) is 28.7 Å². The van der Waals surface area contributed by atoms with Crippen LogP contribution in [-0.2, 0) is 4.79 Å². The predicted octanol–water partition coefficient (Wildman–Crippen LogP) is 2.71. The van der Waals surface area contributed by atoms with Crippen molar-refractivity contribution in [2.75, 3.05) is 38.5 Å². The van der Waals surface area contributed by atoms with Gasteiger partial charge in [-0.1, -0.05) is 15.9 Å². The van der Waals surface area contributed by atoms with Crippen LogP contribution in [0.3, 0.4) is 0 Å². The van der Waals surface area contributed by atoms with Gasteiger partial charge in [0, 0.05) is 10.2 Å². The van der Waals surface area contributed by atoms with Crippen LogP contribution in [0.2, 0.25) is 0 Å². The van der Waals surface area contributed by atoms with Gasteiger partial charge in [-0.15, -0.1) is 0 Å². The van der Waals surface area contributed by atoms with E-state index in [1.165, 1.54) is 19.3 Å². The van der Waals surface area contributed by atoms with E-state index in [4.69, 9.17) is 0 Å². The van der Waals surface area contributed by atoms with Crippen molar-refractivity contribution in [3.05, 3.63) is 28.7 Å². The molecule has 1 aliphatic rings. The first-order chi connectivity index (χ1) is 10.2. The Labute approximate surface area is 135 Å². The highest BCUT2D eigenvalue weighted by Gasteiger charge is 2.20. The SMILES string of the molecule is CNCCC1CCN(CC(=O)Nc2ccc(Br)cc2)CC1. The van der Waals surface area contributed by atoms with Crippen molar-refractivity contribution in [2.24, 2.45) is 5.92 Å². The largest absolute Gasteiger partial charge is 0.325 e. The molecule has 1 aliphatic heterocycles. The Morgan fingerprint density at radius 1 is 1.29 bits per heavy atom. The summed E-state index contributed by atoms with van der Waals surface area (Å²) in [5, 5.41) is 6.16. The summed E-state index contributed by atoms with van der Waals surface area (Å²) >= 11 is 3.39. The van der Waals surface area contributed by atoms with E-state index in [1.54, 1.807) is 0 Å². The molecule has 0 bridgehead atoms. The van der Waals surface area contributed by atoms with Gasteiger partial charge in [0.15, 0.2) is 0 Å². The summed E-state index contributed by atoms with van der Waals surface area (Å²) in [4.78, 5) is 14.3. The van der Waals surface area contributed by atoms with Gasteiger partial charge in [-0.25, -0.2) is 0 Å². The Morgan fingerprint density at radius 3 is 2.57 bits per heavy atom. The van der Waals surface area contributed by atoms with Crippen molar-refractivity contribution >= 4 is 27.5 Å². The number of likely N-dealkylation sites (tertiary alicyclic amines) is 1. The number of nitrogens with zero attached hydrogens (tertiary/aromatic N) is 1. The lowest BCUT2D eigenvalue weighted by atomic mass is 9.93. The average Bonchev–Trinajstić information content (AvgIpc) is 2.49. The minimum Gasteiger partial charge on any atom is -0.325 e. The Kier molecular flexibility index (Phi) is 6.67. The number of hydrogen-bond donors (Lipinski definition) is 2. The molecular formula is C16H24BrN3O. The minimum absolute atomic E-state index is 0.0750. The zero-order chi connectivity index (χ0) is 15.1. The van der Waals surface area contributed by atoms with Crippen LogP contribution in [0.25, 0.3) is 0 Å². The number of halogens is 1. The maximum atomic E-state index is 12.0. The second kappa shape index (κ2) is 8.51. The Bertz CT molecular complexity index is 441. The average molecular weight is 354 g/mol. The summed E-state index contributed by atoms with van der Waals surface area (Å²) in [7, 11) is 2.00. The summed E-state index contributed by atoms with van der Waals surface area (Å²) in [5.74, 6) is 0.884. The number of hydrogen-bond acceptors (Lipinski definition) is 3. The molecule has 0 aliphatic carbocycles. The molecule has 0 spiro atoms. The number of benzene rings is 1.